The molecule has 0 aromatic carbocycles. The summed E-state index contributed by atoms with van der Waals surface area (Å²) in [7, 11) is 3.78. The molecule has 112 valence electrons. The van der Waals surface area contributed by atoms with Crippen molar-refractivity contribution < 1.29 is 18.0 Å². The largest absolute Gasteiger partial charge is 0.391 e. The SMILES string of the molecule is CN(C)CCNC1(C(N)=O)CCC(C(F)(F)F)CC1. The minimum atomic E-state index is -4.17. The molecule has 0 aromatic rings. The van der Waals surface area contributed by atoms with Gasteiger partial charge in [0.2, 0.25) is 5.91 Å². The number of halogens is 3. The molecule has 0 heterocycles. The van der Waals surface area contributed by atoms with E-state index in [9.17, 15) is 18.0 Å². The van der Waals surface area contributed by atoms with E-state index >= 15 is 0 Å². The van der Waals surface area contributed by atoms with Gasteiger partial charge in [-0.1, -0.05) is 0 Å². The number of carbonyl (C=O) groups excluding carboxylic acids is 1. The van der Waals surface area contributed by atoms with Gasteiger partial charge in [-0.15, -0.1) is 0 Å². The number of hydrogen-bond donors (Lipinski definition) is 2. The Labute approximate surface area is 111 Å². The van der Waals surface area contributed by atoms with Crippen LogP contribution in [0, 0.1) is 5.92 Å². The van der Waals surface area contributed by atoms with Crippen LogP contribution >= 0.6 is 0 Å². The second-order valence-electron chi connectivity index (χ2n) is 5.49. The predicted octanol–water partition coefficient (Wildman–Crippen LogP) is 1.11. The molecule has 19 heavy (non-hydrogen) atoms. The summed E-state index contributed by atoms with van der Waals surface area (Å²) in [4.78, 5) is 13.5. The lowest BCUT2D eigenvalue weighted by molar-refractivity contribution is -0.186. The molecule has 1 amide bonds. The van der Waals surface area contributed by atoms with Crippen LogP contribution in [0.2, 0.25) is 0 Å². The Morgan fingerprint density at radius 3 is 2.26 bits per heavy atom. The van der Waals surface area contributed by atoms with E-state index in [2.05, 4.69) is 5.32 Å². The quantitative estimate of drug-likeness (QED) is 0.794. The van der Waals surface area contributed by atoms with Gasteiger partial charge in [0.25, 0.3) is 0 Å². The second-order valence-corrected chi connectivity index (χ2v) is 5.49. The number of amides is 1. The molecule has 1 rings (SSSR count). The van der Waals surface area contributed by atoms with Crippen LogP contribution in [0.3, 0.4) is 0 Å². The van der Waals surface area contributed by atoms with Crippen molar-refractivity contribution in [3.63, 3.8) is 0 Å². The van der Waals surface area contributed by atoms with Crippen LogP contribution in [0.15, 0.2) is 0 Å². The minimum absolute atomic E-state index is 0.0403. The van der Waals surface area contributed by atoms with Crippen molar-refractivity contribution in [3.05, 3.63) is 0 Å². The molecular formula is C12H22F3N3O. The van der Waals surface area contributed by atoms with Gasteiger partial charge < -0.3 is 16.0 Å². The maximum absolute atomic E-state index is 12.6. The molecular weight excluding hydrogens is 259 g/mol. The molecule has 0 spiro atoms. The Balaban J connectivity index is 2.59. The lowest BCUT2D eigenvalue weighted by Gasteiger charge is -2.39. The van der Waals surface area contributed by atoms with E-state index in [1.807, 2.05) is 19.0 Å². The van der Waals surface area contributed by atoms with Crippen molar-refractivity contribution in [1.82, 2.24) is 10.2 Å². The topological polar surface area (TPSA) is 58.4 Å². The van der Waals surface area contributed by atoms with Crippen molar-refractivity contribution in [3.8, 4) is 0 Å². The van der Waals surface area contributed by atoms with E-state index in [4.69, 9.17) is 5.73 Å². The van der Waals surface area contributed by atoms with E-state index in [0.717, 1.165) is 0 Å². The molecule has 0 unspecified atom stereocenters. The molecule has 4 nitrogen and oxygen atoms in total. The average Bonchev–Trinajstić information content (AvgIpc) is 2.27. The Morgan fingerprint density at radius 1 is 1.37 bits per heavy atom. The first-order chi connectivity index (χ1) is 8.67. The highest BCUT2D eigenvalue weighted by molar-refractivity contribution is 5.84. The molecule has 7 heteroatoms. The minimum Gasteiger partial charge on any atom is -0.368 e. The Morgan fingerprint density at radius 2 is 1.89 bits per heavy atom. The first-order valence-electron chi connectivity index (χ1n) is 6.44. The molecule has 0 saturated heterocycles. The summed E-state index contributed by atoms with van der Waals surface area (Å²) in [6.45, 7) is 1.24. The number of carbonyl (C=O) groups is 1. The van der Waals surface area contributed by atoms with Gasteiger partial charge in [-0.3, -0.25) is 4.79 Å². The third-order valence-corrected chi connectivity index (χ3v) is 3.80. The summed E-state index contributed by atoms with van der Waals surface area (Å²) < 4.78 is 37.8. The summed E-state index contributed by atoms with van der Waals surface area (Å²) in [6.07, 6.45) is -3.95. The van der Waals surface area contributed by atoms with Crippen LogP contribution in [0.1, 0.15) is 25.7 Å². The van der Waals surface area contributed by atoms with Gasteiger partial charge in [0.05, 0.1) is 11.5 Å². The van der Waals surface area contributed by atoms with Crippen molar-refractivity contribution in [2.24, 2.45) is 11.7 Å². The van der Waals surface area contributed by atoms with Gasteiger partial charge in [-0.05, 0) is 39.8 Å². The fraction of sp³-hybridized carbons (Fsp3) is 0.917. The van der Waals surface area contributed by atoms with E-state index in [1.54, 1.807) is 0 Å². The molecule has 0 atom stereocenters. The molecule has 1 aliphatic carbocycles. The number of nitrogens with two attached hydrogens (primary N) is 1. The van der Waals surface area contributed by atoms with Crippen LogP contribution in [0.5, 0.6) is 0 Å². The average molecular weight is 281 g/mol. The third-order valence-electron chi connectivity index (χ3n) is 3.80. The lowest BCUT2D eigenvalue weighted by atomic mass is 9.75. The van der Waals surface area contributed by atoms with Crippen molar-refractivity contribution in [2.45, 2.75) is 37.4 Å². The molecule has 1 aliphatic rings. The van der Waals surface area contributed by atoms with E-state index in [0.29, 0.717) is 13.1 Å². The number of nitrogens with zero attached hydrogens (tertiary/aromatic N) is 1. The summed E-state index contributed by atoms with van der Waals surface area (Å²) in [6, 6.07) is 0. The first-order valence-corrected chi connectivity index (χ1v) is 6.44. The predicted molar refractivity (Wildman–Crippen MR) is 66.5 cm³/mol. The van der Waals surface area contributed by atoms with Crippen LogP contribution < -0.4 is 11.1 Å². The number of likely N-dealkylation sites (N-methyl/N-ethyl adjacent to an activating group) is 1. The highest BCUT2D eigenvalue weighted by atomic mass is 19.4. The molecule has 1 fully saturated rings. The third kappa shape index (κ3) is 4.35. The number of primary amides is 1. The number of alkyl halides is 3. The zero-order chi connectivity index (χ0) is 14.7. The normalized spacial score (nSPS) is 28.6. The van der Waals surface area contributed by atoms with Gasteiger partial charge in [0, 0.05) is 13.1 Å². The second kappa shape index (κ2) is 6.09. The van der Waals surface area contributed by atoms with Crippen molar-refractivity contribution in [1.29, 1.82) is 0 Å². The summed E-state index contributed by atoms with van der Waals surface area (Å²) in [5.41, 5.74) is 4.40. The lowest BCUT2D eigenvalue weighted by Crippen LogP contribution is -2.59. The van der Waals surface area contributed by atoms with Crippen LogP contribution in [-0.2, 0) is 4.79 Å². The highest BCUT2D eigenvalue weighted by Crippen LogP contribution is 2.40. The van der Waals surface area contributed by atoms with Gasteiger partial charge in [-0.2, -0.15) is 13.2 Å². The Hall–Kier alpha value is -0.820. The fourth-order valence-electron chi connectivity index (χ4n) is 2.47. The Bertz CT molecular complexity index is 310. The van der Waals surface area contributed by atoms with E-state index < -0.39 is 23.5 Å². The molecule has 0 radical (unpaired) electrons. The first kappa shape index (κ1) is 16.2. The smallest absolute Gasteiger partial charge is 0.368 e. The van der Waals surface area contributed by atoms with Crippen LogP contribution in [0.4, 0.5) is 13.2 Å². The zero-order valence-corrected chi connectivity index (χ0v) is 11.4. The van der Waals surface area contributed by atoms with Gasteiger partial charge in [-0.25, -0.2) is 0 Å². The molecule has 0 aliphatic heterocycles. The number of nitrogens with one attached hydrogen (secondary N) is 1. The standard InChI is InChI=1S/C12H22F3N3O/c1-18(2)8-7-17-11(10(16)19)5-3-9(4-6-11)12(13,14)15/h9,17H,3-8H2,1-2H3,(H2,16,19). The highest BCUT2D eigenvalue weighted by Gasteiger charge is 2.47. The van der Waals surface area contributed by atoms with E-state index in [-0.39, 0.29) is 25.7 Å². The summed E-state index contributed by atoms with van der Waals surface area (Å²) in [5, 5.41) is 3.05. The number of rotatable bonds is 5. The molecule has 1 saturated carbocycles. The summed E-state index contributed by atoms with van der Waals surface area (Å²) >= 11 is 0. The van der Waals surface area contributed by atoms with Crippen molar-refractivity contribution >= 4 is 5.91 Å². The fourth-order valence-corrected chi connectivity index (χ4v) is 2.47. The molecule has 0 bridgehead atoms. The maximum Gasteiger partial charge on any atom is 0.391 e. The van der Waals surface area contributed by atoms with Crippen LogP contribution in [-0.4, -0.2) is 49.7 Å². The van der Waals surface area contributed by atoms with Crippen LogP contribution in [0.25, 0.3) is 0 Å². The summed E-state index contributed by atoms with van der Waals surface area (Å²) in [5.74, 6) is -1.86. The molecule has 3 N–H and O–H groups in total. The van der Waals surface area contributed by atoms with Crippen molar-refractivity contribution in [2.75, 3.05) is 27.2 Å². The maximum atomic E-state index is 12.6. The van der Waals surface area contributed by atoms with Gasteiger partial charge in [0.1, 0.15) is 0 Å². The number of hydrogen-bond acceptors (Lipinski definition) is 3. The molecule has 0 aromatic heterocycles. The zero-order valence-electron chi connectivity index (χ0n) is 11.4. The van der Waals surface area contributed by atoms with Gasteiger partial charge >= 0.3 is 6.18 Å². The Kier molecular flexibility index (Phi) is 5.20. The van der Waals surface area contributed by atoms with E-state index in [1.165, 1.54) is 0 Å². The van der Waals surface area contributed by atoms with Gasteiger partial charge in [0.15, 0.2) is 0 Å². The monoisotopic (exact) mass is 281 g/mol.